The van der Waals surface area contributed by atoms with Crippen molar-refractivity contribution in [2.75, 3.05) is 6.61 Å². The number of aliphatic hydroxyl groups excluding tert-OH is 2. The number of ether oxygens (including phenoxy) is 1. The number of carbonyl (C=O) groups excluding carboxylic acids is 2. The minimum Gasteiger partial charge on any atom is -0.462 e. The van der Waals surface area contributed by atoms with Crippen molar-refractivity contribution < 1.29 is 24.5 Å². The molecule has 0 aromatic heterocycles. The number of amides is 1. The lowest BCUT2D eigenvalue weighted by Gasteiger charge is -2.24. The van der Waals surface area contributed by atoms with E-state index in [1.807, 2.05) is 60.8 Å². The summed E-state index contributed by atoms with van der Waals surface area (Å²) in [7, 11) is 0. The van der Waals surface area contributed by atoms with Crippen LogP contribution in [-0.2, 0) is 14.3 Å². The van der Waals surface area contributed by atoms with Gasteiger partial charge >= 0.3 is 5.97 Å². The number of aliphatic hydroxyl groups is 2. The molecule has 0 rings (SSSR count). The molecule has 0 radical (unpaired) electrons. The molecule has 0 fully saturated rings. The van der Waals surface area contributed by atoms with Crippen molar-refractivity contribution in [3.05, 3.63) is 109 Å². The number of esters is 1. The largest absolute Gasteiger partial charge is 0.462 e. The zero-order valence-electron chi connectivity index (χ0n) is 44.9. The van der Waals surface area contributed by atoms with Crippen molar-refractivity contribution in [1.29, 1.82) is 0 Å². The predicted octanol–water partition coefficient (Wildman–Crippen LogP) is 17.8. The number of hydrogen-bond acceptors (Lipinski definition) is 5. The van der Waals surface area contributed by atoms with E-state index in [9.17, 15) is 19.8 Å². The molecule has 0 aromatic carbocycles. The maximum absolute atomic E-state index is 13.3. The van der Waals surface area contributed by atoms with Gasteiger partial charge in [-0.05, 0) is 64.2 Å². The Morgan fingerprint density at radius 1 is 0.435 bits per heavy atom. The fourth-order valence-electron chi connectivity index (χ4n) is 8.23. The van der Waals surface area contributed by atoms with Crippen LogP contribution in [0.2, 0.25) is 0 Å². The quantitative estimate of drug-likeness (QED) is 0.0321. The van der Waals surface area contributed by atoms with Crippen LogP contribution < -0.4 is 5.32 Å². The monoisotopic (exact) mass is 958 g/mol. The van der Waals surface area contributed by atoms with Crippen LogP contribution in [0.25, 0.3) is 0 Å². The lowest BCUT2D eigenvalue weighted by Crippen LogP contribution is -2.46. The van der Waals surface area contributed by atoms with Crippen LogP contribution in [0.5, 0.6) is 0 Å². The first-order chi connectivity index (χ1) is 34.0. The van der Waals surface area contributed by atoms with Crippen molar-refractivity contribution in [1.82, 2.24) is 5.32 Å². The van der Waals surface area contributed by atoms with Gasteiger partial charge in [-0.3, -0.25) is 9.59 Å². The van der Waals surface area contributed by atoms with E-state index in [1.165, 1.54) is 122 Å². The lowest BCUT2D eigenvalue weighted by atomic mass is 10.0. The Morgan fingerprint density at radius 2 is 0.797 bits per heavy atom. The molecule has 0 bridgehead atoms. The maximum Gasteiger partial charge on any atom is 0.306 e. The van der Waals surface area contributed by atoms with Crippen LogP contribution in [0, 0.1) is 0 Å². The van der Waals surface area contributed by atoms with E-state index in [-0.39, 0.29) is 24.9 Å². The van der Waals surface area contributed by atoms with Gasteiger partial charge in [0, 0.05) is 6.42 Å². The molecule has 3 N–H and O–H groups in total. The summed E-state index contributed by atoms with van der Waals surface area (Å²) in [4.78, 5) is 26.3. The molecule has 6 heteroatoms. The van der Waals surface area contributed by atoms with Gasteiger partial charge in [-0.1, -0.05) is 284 Å². The van der Waals surface area contributed by atoms with Crippen LogP contribution in [0.15, 0.2) is 109 Å². The van der Waals surface area contributed by atoms with Crippen LogP contribution in [0.3, 0.4) is 0 Å². The summed E-state index contributed by atoms with van der Waals surface area (Å²) < 4.78 is 5.91. The zero-order chi connectivity index (χ0) is 50.2. The van der Waals surface area contributed by atoms with E-state index >= 15 is 0 Å². The molecule has 3 atom stereocenters. The second-order valence-corrected chi connectivity index (χ2v) is 19.2. The normalized spacial score (nSPS) is 14.0. The van der Waals surface area contributed by atoms with Gasteiger partial charge < -0.3 is 20.3 Å². The number of carbonyl (C=O) groups is 2. The third-order valence-electron chi connectivity index (χ3n) is 12.6. The molecule has 69 heavy (non-hydrogen) atoms. The van der Waals surface area contributed by atoms with Gasteiger partial charge in [0.15, 0.2) is 0 Å². The van der Waals surface area contributed by atoms with Gasteiger partial charge in [0.25, 0.3) is 0 Å². The van der Waals surface area contributed by atoms with E-state index < -0.39 is 18.2 Å². The third kappa shape index (κ3) is 50.7. The number of nitrogens with one attached hydrogen (secondary N) is 1. The summed E-state index contributed by atoms with van der Waals surface area (Å²) in [6.45, 7) is 6.31. The highest BCUT2D eigenvalue weighted by atomic mass is 16.5. The van der Waals surface area contributed by atoms with Gasteiger partial charge in [-0.25, -0.2) is 0 Å². The summed E-state index contributed by atoms with van der Waals surface area (Å²) in [5, 5.41) is 23.9. The van der Waals surface area contributed by atoms with Crippen molar-refractivity contribution in [2.45, 2.75) is 270 Å². The van der Waals surface area contributed by atoms with Crippen LogP contribution >= 0.6 is 0 Å². The van der Waals surface area contributed by atoms with Gasteiger partial charge in [0.1, 0.15) is 6.10 Å². The Balaban J connectivity index is 4.70. The highest BCUT2D eigenvalue weighted by Gasteiger charge is 2.24. The first-order valence-electron chi connectivity index (χ1n) is 28.7. The van der Waals surface area contributed by atoms with Crippen LogP contribution in [-0.4, -0.2) is 46.9 Å². The van der Waals surface area contributed by atoms with E-state index in [0.29, 0.717) is 19.3 Å². The molecule has 0 saturated carbocycles. The van der Waals surface area contributed by atoms with E-state index in [0.717, 1.165) is 83.5 Å². The summed E-state index contributed by atoms with van der Waals surface area (Å²) in [5.41, 5.74) is 0. The molecule has 1 amide bonds. The van der Waals surface area contributed by atoms with E-state index in [1.54, 1.807) is 0 Å². The topological polar surface area (TPSA) is 95.9 Å². The molecule has 0 aromatic rings. The van der Waals surface area contributed by atoms with Gasteiger partial charge in [-0.2, -0.15) is 0 Å². The second kappa shape index (κ2) is 55.4. The van der Waals surface area contributed by atoms with Crippen molar-refractivity contribution in [2.24, 2.45) is 0 Å². The third-order valence-corrected chi connectivity index (χ3v) is 12.6. The molecular formula is C63H107NO5. The van der Waals surface area contributed by atoms with Crippen molar-refractivity contribution in [3.8, 4) is 0 Å². The Labute approximate surface area is 426 Å². The smallest absolute Gasteiger partial charge is 0.306 e. The average molecular weight is 959 g/mol. The molecule has 394 valence electrons. The molecule has 0 heterocycles. The first-order valence-corrected chi connectivity index (χ1v) is 28.7. The fourth-order valence-corrected chi connectivity index (χ4v) is 8.23. The predicted molar refractivity (Wildman–Crippen MR) is 300 cm³/mol. The number of hydrogen-bond donors (Lipinski definition) is 3. The summed E-state index contributed by atoms with van der Waals surface area (Å²) >= 11 is 0. The Hall–Kier alpha value is -3.48. The summed E-state index contributed by atoms with van der Waals surface area (Å²) in [6.07, 6.45) is 75.8. The highest BCUT2D eigenvalue weighted by molar-refractivity contribution is 5.77. The fraction of sp³-hybridized carbons (Fsp3) is 0.683. The molecule has 0 aliphatic heterocycles. The molecule has 6 nitrogen and oxygen atoms in total. The van der Waals surface area contributed by atoms with Gasteiger partial charge in [-0.15, -0.1) is 0 Å². The molecular weight excluding hydrogens is 851 g/mol. The summed E-state index contributed by atoms with van der Waals surface area (Å²) in [5.74, 6) is -0.576. The Bertz CT molecular complexity index is 1400. The van der Waals surface area contributed by atoms with E-state index in [4.69, 9.17) is 4.74 Å². The second-order valence-electron chi connectivity index (χ2n) is 19.2. The number of unbranched alkanes of at least 4 members (excludes halogenated alkanes) is 27. The first kappa shape index (κ1) is 65.5. The standard InChI is InChI=1S/C63H107NO5/c1-4-7-10-13-16-19-22-25-28-30-32-35-38-41-44-47-50-53-56-63(68)69-59(54-51-48-45-42-39-36-33-27-24-21-18-15-12-9-6-3)57-62(67)64-60(58-65)61(66)55-52-49-46-43-40-37-34-31-29-26-23-20-17-14-11-8-5-2/h9,12,15,18,21-22,24-25,27-28,30,32-33,35-36,39,42,45,59-61,65-66H,4-8,10-11,13-14,16-17,19-20,23,26,29,31,34,37-38,40-41,43-44,46-58H2,1-3H3,(H,64,67)/b12-9-,18-15+,24-21+,25-22+,30-28+,33-27-,35-32+,39-36+,45-42+. The Morgan fingerprint density at radius 3 is 1.22 bits per heavy atom. The molecule has 0 spiro atoms. The van der Waals surface area contributed by atoms with Crippen LogP contribution in [0.1, 0.15) is 252 Å². The number of rotatable bonds is 50. The average Bonchev–Trinajstić information content (AvgIpc) is 3.34. The molecule has 3 unspecified atom stereocenters. The minimum atomic E-state index is -0.819. The van der Waals surface area contributed by atoms with Gasteiger partial charge in [0.05, 0.1) is 25.2 Å². The molecule has 0 aliphatic rings. The zero-order valence-corrected chi connectivity index (χ0v) is 44.9. The minimum absolute atomic E-state index is 0.0121. The number of allylic oxidation sites excluding steroid dienone is 18. The Kier molecular flexibility index (Phi) is 52.7. The molecule has 0 saturated heterocycles. The van der Waals surface area contributed by atoms with E-state index in [2.05, 4.69) is 74.7 Å². The van der Waals surface area contributed by atoms with Gasteiger partial charge in [0.2, 0.25) is 5.91 Å². The maximum atomic E-state index is 13.3. The molecule has 0 aliphatic carbocycles. The van der Waals surface area contributed by atoms with Crippen molar-refractivity contribution >= 4 is 11.9 Å². The van der Waals surface area contributed by atoms with Crippen molar-refractivity contribution in [3.63, 3.8) is 0 Å². The highest BCUT2D eigenvalue weighted by Crippen LogP contribution is 2.17. The van der Waals surface area contributed by atoms with Crippen LogP contribution in [0.4, 0.5) is 0 Å². The summed E-state index contributed by atoms with van der Waals surface area (Å²) in [6, 6.07) is -0.739. The lowest BCUT2D eigenvalue weighted by molar-refractivity contribution is -0.151. The SMILES string of the molecule is CC\C=C/C=C/C=C/C=C\C=C\C=C\CCCC(CC(=O)NC(CO)C(O)CCCCCCCCCCCCCCCCCCC)OC(=O)CCCCCCC/C=C/C=C/C=C/CCCCCCC.